The van der Waals surface area contributed by atoms with Gasteiger partial charge in [-0.05, 0) is 38.5 Å². The monoisotopic (exact) mass is 280 g/mol. The van der Waals surface area contributed by atoms with Crippen LogP contribution in [0.25, 0.3) is 0 Å². The minimum atomic E-state index is -0.616. The third kappa shape index (κ3) is 12.0. The molecule has 0 heterocycles. The van der Waals surface area contributed by atoms with Gasteiger partial charge in [-0.3, -0.25) is 4.79 Å². The molecule has 0 aliphatic carbocycles. The van der Waals surface area contributed by atoms with Crippen molar-refractivity contribution in [3.63, 3.8) is 0 Å². The summed E-state index contributed by atoms with van der Waals surface area (Å²) >= 11 is 0. The topological polar surface area (TPSA) is 37.3 Å². The lowest BCUT2D eigenvalue weighted by Crippen LogP contribution is -2.13. The number of rotatable bonds is 13. The van der Waals surface area contributed by atoms with E-state index in [1.54, 1.807) is 0 Å². The van der Waals surface area contributed by atoms with Crippen LogP contribution >= 0.6 is 0 Å². The van der Waals surface area contributed by atoms with E-state index in [0.717, 1.165) is 51.4 Å². The SMILES string of the molecule is CC/C=C/C/C=C/CCCCCCC(CCC)C(=O)O. The molecule has 0 aliphatic rings. The summed E-state index contributed by atoms with van der Waals surface area (Å²) in [6.07, 6.45) is 19.5. The van der Waals surface area contributed by atoms with Gasteiger partial charge >= 0.3 is 5.97 Å². The first-order chi connectivity index (χ1) is 9.72. The van der Waals surface area contributed by atoms with Crippen LogP contribution in [0.1, 0.15) is 78.1 Å². The summed E-state index contributed by atoms with van der Waals surface area (Å²) in [6, 6.07) is 0. The Hall–Kier alpha value is -1.05. The Morgan fingerprint density at radius 1 is 0.950 bits per heavy atom. The van der Waals surface area contributed by atoms with Crippen LogP contribution < -0.4 is 0 Å². The molecule has 0 aromatic rings. The molecule has 0 saturated heterocycles. The number of hydrogen-bond acceptors (Lipinski definition) is 1. The van der Waals surface area contributed by atoms with Gasteiger partial charge in [0.05, 0.1) is 5.92 Å². The van der Waals surface area contributed by atoms with Crippen LogP contribution in [-0.2, 0) is 4.79 Å². The van der Waals surface area contributed by atoms with Crippen LogP contribution in [-0.4, -0.2) is 11.1 Å². The van der Waals surface area contributed by atoms with Crippen molar-refractivity contribution in [3.8, 4) is 0 Å². The second-order valence-electron chi connectivity index (χ2n) is 5.40. The fourth-order valence-electron chi connectivity index (χ4n) is 2.30. The van der Waals surface area contributed by atoms with Gasteiger partial charge in [-0.1, -0.05) is 63.8 Å². The average molecular weight is 280 g/mol. The summed E-state index contributed by atoms with van der Waals surface area (Å²) < 4.78 is 0. The molecule has 0 radical (unpaired) electrons. The van der Waals surface area contributed by atoms with Gasteiger partial charge in [0.25, 0.3) is 0 Å². The van der Waals surface area contributed by atoms with E-state index in [1.807, 2.05) is 0 Å². The van der Waals surface area contributed by atoms with Gasteiger partial charge in [-0.15, -0.1) is 0 Å². The number of carbonyl (C=O) groups is 1. The van der Waals surface area contributed by atoms with E-state index in [9.17, 15) is 4.79 Å². The number of carboxylic acid groups (broad SMARTS) is 1. The van der Waals surface area contributed by atoms with E-state index >= 15 is 0 Å². The van der Waals surface area contributed by atoms with Crippen LogP contribution in [0.4, 0.5) is 0 Å². The highest BCUT2D eigenvalue weighted by atomic mass is 16.4. The van der Waals surface area contributed by atoms with Crippen molar-refractivity contribution in [1.29, 1.82) is 0 Å². The van der Waals surface area contributed by atoms with Crippen molar-refractivity contribution in [2.75, 3.05) is 0 Å². The summed E-state index contributed by atoms with van der Waals surface area (Å²) in [5, 5.41) is 9.05. The first-order valence-electron chi connectivity index (χ1n) is 8.25. The van der Waals surface area contributed by atoms with Crippen molar-refractivity contribution < 1.29 is 9.90 Å². The van der Waals surface area contributed by atoms with E-state index < -0.39 is 5.97 Å². The fourth-order valence-corrected chi connectivity index (χ4v) is 2.30. The number of aliphatic carboxylic acids is 1. The largest absolute Gasteiger partial charge is 0.481 e. The summed E-state index contributed by atoms with van der Waals surface area (Å²) in [4.78, 5) is 11.0. The molecule has 0 aliphatic heterocycles. The Labute approximate surface area is 125 Å². The second kappa shape index (κ2) is 14.4. The maximum atomic E-state index is 11.0. The zero-order valence-corrected chi connectivity index (χ0v) is 13.3. The van der Waals surface area contributed by atoms with Gasteiger partial charge in [0, 0.05) is 0 Å². The van der Waals surface area contributed by atoms with E-state index in [-0.39, 0.29) is 5.92 Å². The van der Waals surface area contributed by atoms with Crippen molar-refractivity contribution in [1.82, 2.24) is 0 Å². The van der Waals surface area contributed by atoms with Crippen molar-refractivity contribution in [2.24, 2.45) is 5.92 Å². The van der Waals surface area contributed by atoms with Gasteiger partial charge in [0.2, 0.25) is 0 Å². The van der Waals surface area contributed by atoms with Crippen molar-refractivity contribution >= 4 is 5.97 Å². The number of unbranched alkanes of at least 4 members (excludes halogenated alkanes) is 4. The minimum Gasteiger partial charge on any atom is -0.481 e. The van der Waals surface area contributed by atoms with Crippen LogP contribution in [0.5, 0.6) is 0 Å². The lowest BCUT2D eigenvalue weighted by Gasteiger charge is -2.10. The first kappa shape index (κ1) is 18.9. The van der Waals surface area contributed by atoms with Gasteiger partial charge in [0.15, 0.2) is 0 Å². The smallest absolute Gasteiger partial charge is 0.306 e. The number of hydrogen-bond donors (Lipinski definition) is 1. The Balaban J connectivity index is 3.43. The van der Waals surface area contributed by atoms with Gasteiger partial charge in [-0.25, -0.2) is 0 Å². The first-order valence-corrected chi connectivity index (χ1v) is 8.25. The van der Waals surface area contributed by atoms with Crippen molar-refractivity contribution in [2.45, 2.75) is 78.1 Å². The van der Waals surface area contributed by atoms with E-state index in [0.29, 0.717) is 0 Å². The number of carboxylic acids is 1. The highest BCUT2D eigenvalue weighted by Crippen LogP contribution is 2.16. The van der Waals surface area contributed by atoms with Crippen LogP contribution in [0.2, 0.25) is 0 Å². The van der Waals surface area contributed by atoms with Gasteiger partial charge in [0.1, 0.15) is 0 Å². The van der Waals surface area contributed by atoms with Gasteiger partial charge < -0.3 is 5.11 Å². The van der Waals surface area contributed by atoms with E-state index in [1.165, 1.54) is 12.8 Å². The molecule has 1 atom stereocenters. The Bertz CT molecular complexity index is 279. The maximum absolute atomic E-state index is 11.0. The molecule has 2 heteroatoms. The quantitative estimate of drug-likeness (QED) is 0.345. The lowest BCUT2D eigenvalue weighted by atomic mass is 9.96. The molecule has 0 amide bonds. The molecule has 116 valence electrons. The average Bonchev–Trinajstić information content (AvgIpc) is 2.43. The predicted molar refractivity (Wildman–Crippen MR) is 86.9 cm³/mol. The molecule has 0 saturated carbocycles. The minimum absolute atomic E-state index is 0.120. The Morgan fingerprint density at radius 2 is 1.65 bits per heavy atom. The van der Waals surface area contributed by atoms with Crippen LogP contribution in [0.3, 0.4) is 0 Å². The summed E-state index contributed by atoms with van der Waals surface area (Å²) in [6.45, 7) is 4.20. The predicted octanol–water partition coefficient (Wildman–Crippen LogP) is 5.74. The fraction of sp³-hybridized carbons (Fsp3) is 0.722. The standard InChI is InChI=1S/C18H32O2/c1-3-5-6-7-8-9-10-11-12-13-14-16-17(15-4-2)18(19)20/h5-6,8-9,17H,3-4,7,10-16H2,1-2H3,(H,19,20)/b6-5+,9-8+. The molecule has 0 spiro atoms. The molecule has 1 N–H and O–H groups in total. The highest BCUT2D eigenvalue weighted by molar-refractivity contribution is 5.69. The summed E-state index contributed by atoms with van der Waals surface area (Å²) in [5.74, 6) is -0.736. The lowest BCUT2D eigenvalue weighted by molar-refractivity contribution is -0.142. The summed E-state index contributed by atoms with van der Waals surface area (Å²) in [5.41, 5.74) is 0. The molecule has 0 aromatic carbocycles. The Morgan fingerprint density at radius 3 is 2.30 bits per heavy atom. The maximum Gasteiger partial charge on any atom is 0.306 e. The zero-order chi connectivity index (χ0) is 15.1. The second-order valence-corrected chi connectivity index (χ2v) is 5.40. The van der Waals surface area contributed by atoms with Crippen LogP contribution in [0, 0.1) is 5.92 Å². The summed E-state index contributed by atoms with van der Waals surface area (Å²) in [7, 11) is 0. The van der Waals surface area contributed by atoms with Gasteiger partial charge in [-0.2, -0.15) is 0 Å². The number of allylic oxidation sites excluding steroid dienone is 4. The van der Waals surface area contributed by atoms with E-state index in [2.05, 4.69) is 38.2 Å². The molecule has 20 heavy (non-hydrogen) atoms. The highest BCUT2D eigenvalue weighted by Gasteiger charge is 2.14. The third-order valence-corrected chi connectivity index (χ3v) is 3.50. The molecule has 0 bridgehead atoms. The normalized spacial score (nSPS) is 13.3. The molecule has 2 nitrogen and oxygen atoms in total. The molecular weight excluding hydrogens is 248 g/mol. The molecule has 0 rings (SSSR count). The molecule has 0 fully saturated rings. The molecule has 1 unspecified atom stereocenters. The molecule has 0 aromatic heterocycles. The van der Waals surface area contributed by atoms with Crippen molar-refractivity contribution in [3.05, 3.63) is 24.3 Å². The third-order valence-electron chi connectivity index (χ3n) is 3.50. The Kier molecular flexibility index (Phi) is 13.6. The van der Waals surface area contributed by atoms with E-state index in [4.69, 9.17) is 5.11 Å². The zero-order valence-electron chi connectivity index (χ0n) is 13.3. The van der Waals surface area contributed by atoms with Crippen LogP contribution in [0.15, 0.2) is 24.3 Å². The molecular formula is C18H32O2.